The third kappa shape index (κ3) is 4.64. The number of pyridine rings is 1. The number of hydrogen-bond acceptors (Lipinski definition) is 7. The molecule has 2 heterocycles. The molecule has 0 spiro atoms. The molecule has 5 N–H and O–H groups in total. The van der Waals surface area contributed by atoms with Crippen molar-refractivity contribution >= 4 is 40.7 Å². The molecule has 8 heteroatoms. The van der Waals surface area contributed by atoms with Crippen LogP contribution in [0.1, 0.15) is 6.92 Å². The molecule has 1 aromatic carbocycles. The van der Waals surface area contributed by atoms with E-state index in [-0.39, 0.29) is 11.9 Å². The molecule has 0 aliphatic rings. The summed E-state index contributed by atoms with van der Waals surface area (Å²) in [4.78, 5) is 23.5. The van der Waals surface area contributed by atoms with Gasteiger partial charge in [0.2, 0.25) is 11.9 Å². The van der Waals surface area contributed by atoms with Gasteiger partial charge in [-0.3, -0.25) is 4.79 Å². The molecule has 2 aromatic heterocycles. The van der Waals surface area contributed by atoms with Crippen molar-refractivity contribution in [2.45, 2.75) is 6.92 Å². The lowest BCUT2D eigenvalue weighted by molar-refractivity contribution is -0.114. The number of nitrogens with zero attached hydrogens (tertiary/aromatic N) is 3. The third-order valence-electron chi connectivity index (χ3n) is 3.14. The van der Waals surface area contributed by atoms with E-state index in [1.165, 1.54) is 6.92 Å². The molecule has 25 heavy (non-hydrogen) atoms. The van der Waals surface area contributed by atoms with Crippen molar-refractivity contribution in [1.29, 1.82) is 0 Å². The molecule has 0 aliphatic carbocycles. The normalized spacial score (nSPS) is 10.1. The van der Waals surface area contributed by atoms with Crippen LogP contribution in [0.5, 0.6) is 0 Å². The van der Waals surface area contributed by atoms with Gasteiger partial charge in [-0.25, -0.2) is 4.98 Å². The second-order valence-corrected chi connectivity index (χ2v) is 5.22. The quantitative estimate of drug-likeness (QED) is 0.566. The molecule has 0 fully saturated rings. The molecule has 0 bridgehead atoms. The highest BCUT2D eigenvalue weighted by atomic mass is 16.1. The second kappa shape index (κ2) is 7.26. The molecule has 1 amide bonds. The van der Waals surface area contributed by atoms with Gasteiger partial charge in [-0.2, -0.15) is 9.97 Å². The Bertz CT molecular complexity index is 866. The smallest absolute Gasteiger partial charge is 0.223 e. The highest BCUT2D eigenvalue weighted by Gasteiger charge is 2.04. The Morgan fingerprint density at radius 1 is 0.920 bits per heavy atom. The molecule has 3 rings (SSSR count). The van der Waals surface area contributed by atoms with Gasteiger partial charge in [-0.1, -0.05) is 6.07 Å². The van der Waals surface area contributed by atoms with Crippen molar-refractivity contribution in [2.24, 2.45) is 0 Å². The Morgan fingerprint density at radius 2 is 1.60 bits per heavy atom. The molecule has 8 nitrogen and oxygen atoms in total. The lowest BCUT2D eigenvalue weighted by Crippen LogP contribution is -2.06. The maximum absolute atomic E-state index is 11.0. The van der Waals surface area contributed by atoms with Crippen LogP contribution in [-0.2, 0) is 4.79 Å². The summed E-state index contributed by atoms with van der Waals surface area (Å²) in [5.74, 6) is 1.75. The molecule has 0 unspecified atom stereocenters. The fraction of sp³-hybridized carbons (Fsp3) is 0.0588. The average Bonchev–Trinajstić information content (AvgIpc) is 2.56. The molecule has 126 valence electrons. The van der Waals surface area contributed by atoms with Crippen LogP contribution in [0.15, 0.2) is 54.7 Å². The standard InChI is InChI=1S/C17H17N7O/c1-11(25)20-12-5-7-13(8-6-12)21-15-10-16(24-17(18)23-15)22-14-4-2-3-9-19-14/h2-10H,1H3,(H,20,25)(H4,18,19,21,22,23,24). The fourth-order valence-corrected chi connectivity index (χ4v) is 2.15. The second-order valence-electron chi connectivity index (χ2n) is 5.22. The van der Waals surface area contributed by atoms with Crippen molar-refractivity contribution in [2.75, 3.05) is 21.7 Å². The van der Waals surface area contributed by atoms with Crippen LogP contribution >= 0.6 is 0 Å². The van der Waals surface area contributed by atoms with Crippen molar-refractivity contribution in [3.63, 3.8) is 0 Å². The predicted octanol–water partition coefficient (Wildman–Crippen LogP) is 2.90. The number of carbonyl (C=O) groups excluding carboxylic acids is 1. The zero-order valence-electron chi connectivity index (χ0n) is 13.5. The van der Waals surface area contributed by atoms with Crippen LogP contribution in [0.4, 0.5) is 34.8 Å². The first-order valence-corrected chi connectivity index (χ1v) is 7.56. The van der Waals surface area contributed by atoms with E-state index in [1.807, 2.05) is 30.3 Å². The van der Waals surface area contributed by atoms with Crippen LogP contribution in [-0.4, -0.2) is 20.9 Å². The Balaban J connectivity index is 1.75. The van der Waals surface area contributed by atoms with Crippen LogP contribution in [0, 0.1) is 0 Å². The van der Waals surface area contributed by atoms with Crippen LogP contribution in [0.2, 0.25) is 0 Å². The van der Waals surface area contributed by atoms with Gasteiger partial charge in [0, 0.05) is 30.6 Å². The van der Waals surface area contributed by atoms with E-state index in [1.54, 1.807) is 24.4 Å². The van der Waals surface area contributed by atoms with Gasteiger partial charge in [0.05, 0.1) is 0 Å². The topological polar surface area (TPSA) is 118 Å². The molecular weight excluding hydrogens is 318 g/mol. The minimum atomic E-state index is -0.116. The lowest BCUT2D eigenvalue weighted by Gasteiger charge is -2.10. The highest BCUT2D eigenvalue weighted by molar-refractivity contribution is 5.88. The van der Waals surface area contributed by atoms with Gasteiger partial charge in [0.25, 0.3) is 0 Å². The first-order chi connectivity index (χ1) is 12.1. The summed E-state index contributed by atoms with van der Waals surface area (Å²) in [6.07, 6.45) is 1.68. The minimum Gasteiger partial charge on any atom is -0.368 e. The highest BCUT2D eigenvalue weighted by Crippen LogP contribution is 2.21. The summed E-state index contributed by atoms with van der Waals surface area (Å²) in [6.45, 7) is 1.46. The fourth-order valence-electron chi connectivity index (χ4n) is 2.15. The number of anilines is 6. The van der Waals surface area contributed by atoms with E-state index in [4.69, 9.17) is 5.73 Å². The van der Waals surface area contributed by atoms with Crippen molar-refractivity contribution in [3.05, 3.63) is 54.7 Å². The van der Waals surface area contributed by atoms with E-state index in [9.17, 15) is 4.79 Å². The van der Waals surface area contributed by atoms with Gasteiger partial charge in [-0.15, -0.1) is 0 Å². The van der Waals surface area contributed by atoms with Crippen molar-refractivity contribution < 1.29 is 4.79 Å². The number of nitrogens with two attached hydrogens (primary N) is 1. The number of benzene rings is 1. The Hall–Kier alpha value is -3.68. The van der Waals surface area contributed by atoms with Gasteiger partial charge < -0.3 is 21.7 Å². The zero-order valence-corrected chi connectivity index (χ0v) is 13.5. The van der Waals surface area contributed by atoms with E-state index in [0.29, 0.717) is 17.5 Å². The van der Waals surface area contributed by atoms with Crippen LogP contribution in [0.25, 0.3) is 0 Å². The number of rotatable bonds is 5. The molecule has 0 saturated heterocycles. The first kappa shape index (κ1) is 16.2. The lowest BCUT2D eigenvalue weighted by atomic mass is 10.2. The SMILES string of the molecule is CC(=O)Nc1ccc(Nc2cc(Nc3ccccn3)nc(N)n2)cc1. The minimum absolute atomic E-state index is 0.116. The largest absolute Gasteiger partial charge is 0.368 e. The predicted molar refractivity (Wildman–Crippen MR) is 98.0 cm³/mol. The van der Waals surface area contributed by atoms with Crippen molar-refractivity contribution in [3.8, 4) is 0 Å². The Kier molecular flexibility index (Phi) is 4.70. The van der Waals surface area contributed by atoms with Crippen LogP contribution in [0.3, 0.4) is 0 Å². The number of amides is 1. The summed E-state index contributed by atoms with van der Waals surface area (Å²) < 4.78 is 0. The summed E-state index contributed by atoms with van der Waals surface area (Å²) in [5.41, 5.74) is 7.30. The summed E-state index contributed by atoms with van der Waals surface area (Å²) in [6, 6.07) is 14.5. The molecule has 3 aromatic rings. The van der Waals surface area contributed by atoms with Gasteiger partial charge >= 0.3 is 0 Å². The molecule has 0 aliphatic heterocycles. The molecular formula is C17H17N7O. The maximum Gasteiger partial charge on any atom is 0.223 e. The van der Waals surface area contributed by atoms with E-state index in [2.05, 4.69) is 30.9 Å². The zero-order chi connectivity index (χ0) is 17.6. The average molecular weight is 335 g/mol. The number of carbonyl (C=O) groups is 1. The third-order valence-corrected chi connectivity index (χ3v) is 3.14. The number of hydrogen-bond donors (Lipinski definition) is 4. The summed E-state index contributed by atoms with van der Waals surface area (Å²) in [5, 5.41) is 8.93. The number of aromatic nitrogens is 3. The molecule has 0 radical (unpaired) electrons. The Labute approximate surface area is 144 Å². The number of nitrogen functional groups attached to an aromatic ring is 1. The maximum atomic E-state index is 11.0. The monoisotopic (exact) mass is 335 g/mol. The molecule has 0 saturated carbocycles. The first-order valence-electron chi connectivity index (χ1n) is 7.56. The van der Waals surface area contributed by atoms with Gasteiger partial charge in [0.15, 0.2) is 0 Å². The van der Waals surface area contributed by atoms with Gasteiger partial charge in [-0.05, 0) is 36.4 Å². The van der Waals surface area contributed by atoms with Crippen molar-refractivity contribution in [1.82, 2.24) is 15.0 Å². The van der Waals surface area contributed by atoms with E-state index < -0.39 is 0 Å². The molecule has 0 atom stereocenters. The summed E-state index contributed by atoms with van der Waals surface area (Å²) >= 11 is 0. The Morgan fingerprint density at radius 3 is 2.24 bits per heavy atom. The van der Waals surface area contributed by atoms with E-state index >= 15 is 0 Å². The van der Waals surface area contributed by atoms with Gasteiger partial charge in [0.1, 0.15) is 17.5 Å². The van der Waals surface area contributed by atoms with E-state index in [0.717, 1.165) is 11.4 Å². The summed E-state index contributed by atoms with van der Waals surface area (Å²) in [7, 11) is 0. The van der Waals surface area contributed by atoms with Crippen LogP contribution < -0.4 is 21.7 Å². The number of nitrogens with one attached hydrogen (secondary N) is 3.